The number of pyridine rings is 1. The van der Waals surface area contributed by atoms with Crippen LogP contribution in [0.1, 0.15) is 40.0 Å². The zero-order chi connectivity index (χ0) is 21.2. The molecule has 2 fully saturated rings. The number of hydrogen-bond acceptors (Lipinski definition) is 6. The Morgan fingerprint density at radius 3 is 2.66 bits per heavy atom. The molecule has 1 aliphatic carbocycles. The van der Waals surface area contributed by atoms with Crippen LogP contribution in [-0.2, 0) is 0 Å². The van der Waals surface area contributed by atoms with Crippen molar-refractivity contribution < 1.29 is 28.2 Å². The zero-order valence-corrected chi connectivity index (χ0v) is 17.1. The number of aliphatic hydroxyl groups excluding tert-OH is 1. The van der Waals surface area contributed by atoms with Gasteiger partial charge in [-0.2, -0.15) is 4.98 Å². The van der Waals surface area contributed by atoms with Crippen molar-refractivity contribution in [3.05, 3.63) is 12.1 Å². The summed E-state index contributed by atoms with van der Waals surface area (Å²) in [5.74, 6) is -1.80. The largest absolute Gasteiger partial charge is 0.476 e. The van der Waals surface area contributed by atoms with Crippen molar-refractivity contribution in [3.63, 3.8) is 0 Å². The summed E-state index contributed by atoms with van der Waals surface area (Å²) in [4.78, 5) is 18.0. The zero-order valence-electron chi connectivity index (χ0n) is 17.1. The van der Waals surface area contributed by atoms with E-state index in [9.17, 15) is 18.7 Å². The third kappa shape index (κ3) is 5.91. The van der Waals surface area contributed by atoms with E-state index in [1.54, 1.807) is 13.0 Å². The number of rotatable bonds is 9. The van der Waals surface area contributed by atoms with E-state index in [0.29, 0.717) is 24.6 Å². The molecule has 1 aromatic heterocycles. The van der Waals surface area contributed by atoms with Gasteiger partial charge >= 0.3 is 6.09 Å². The molecule has 2 aliphatic rings. The predicted molar refractivity (Wildman–Crippen MR) is 104 cm³/mol. The third-order valence-electron chi connectivity index (χ3n) is 4.96. The predicted octanol–water partition coefficient (Wildman–Crippen LogP) is 3.21. The van der Waals surface area contributed by atoms with Crippen LogP contribution in [-0.4, -0.2) is 53.9 Å². The molecule has 29 heavy (non-hydrogen) atoms. The molecule has 1 saturated heterocycles. The monoisotopic (exact) mass is 413 g/mol. The molecule has 7 nitrogen and oxygen atoms in total. The lowest BCUT2D eigenvalue weighted by atomic mass is 9.92. The number of anilines is 1. The van der Waals surface area contributed by atoms with Gasteiger partial charge in [0.2, 0.25) is 11.8 Å². The summed E-state index contributed by atoms with van der Waals surface area (Å²) in [6.07, 6.45) is 1.98. The molecule has 2 N–H and O–H groups in total. The van der Waals surface area contributed by atoms with Gasteiger partial charge in [0, 0.05) is 6.07 Å². The lowest BCUT2D eigenvalue weighted by Gasteiger charge is -2.40. The summed E-state index contributed by atoms with van der Waals surface area (Å²) in [5, 5.41) is 12.3. The average Bonchev–Trinajstić information content (AvgIpc) is 3.41. The van der Waals surface area contributed by atoms with E-state index >= 15 is 0 Å². The van der Waals surface area contributed by atoms with Gasteiger partial charge in [0.05, 0.1) is 31.8 Å². The lowest BCUT2D eigenvalue weighted by molar-refractivity contribution is -0.0265. The Hall–Kier alpha value is -2.16. The highest BCUT2D eigenvalue weighted by molar-refractivity contribution is 5.71. The number of alkyl halides is 2. The molecule has 1 saturated carbocycles. The van der Waals surface area contributed by atoms with Gasteiger partial charge in [-0.25, -0.2) is 13.6 Å². The van der Waals surface area contributed by atoms with Crippen molar-refractivity contribution in [2.24, 2.45) is 11.8 Å². The number of ether oxygens (including phenoxy) is 2. The normalized spacial score (nSPS) is 20.0. The summed E-state index contributed by atoms with van der Waals surface area (Å²) >= 11 is 0. The highest BCUT2D eigenvalue weighted by Crippen LogP contribution is 2.38. The fourth-order valence-corrected chi connectivity index (χ4v) is 3.41. The van der Waals surface area contributed by atoms with Crippen LogP contribution in [0.2, 0.25) is 0 Å². The van der Waals surface area contributed by atoms with Crippen molar-refractivity contribution in [2.75, 3.05) is 31.2 Å². The van der Waals surface area contributed by atoms with Crippen LogP contribution in [0.5, 0.6) is 11.8 Å². The molecule has 1 aliphatic heterocycles. The standard InChI is InChI=1S/C20H29F2N3O4/c1-13(2)8-19(3,12-26)24-18(27)29-16-7-6-15(25-10-20(21,22)11-25)17(23-16)28-9-14-4-5-14/h6-7,13-14,26H,4-5,8-12H2,1-3H3,(H,24,27). The van der Waals surface area contributed by atoms with Crippen molar-refractivity contribution in [1.82, 2.24) is 10.3 Å². The maximum atomic E-state index is 13.3. The van der Waals surface area contributed by atoms with Gasteiger partial charge in [0.15, 0.2) is 0 Å². The first kappa shape index (κ1) is 21.5. The van der Waals surface area contributed by atoms with Gasteiger partial charge in [-0.05, 0) is 44.1 Å². The number of carbonyl (C=O) groups excluding carboxylic acids is 1. The minimum Gasteiger partial charge on any atom is -0.476 e. The van der Waals surface area contributed by atoms with Crippen molar-refractivity contribution in [3.8, 4) is 11.8 Å². The number of amides is 1. The number of aromatic nitrogens is 1. The smallest absolute Gasteiger partial charge is 0.414 e. The third-order valence-corrected chi connectivity index (χ3v) is 4.96. The minimum absolute atomic E-state index is 0.00849. The molecule has 9 heteroatoms. The highest BCUT2D eigenvalue weighted by atomic mass is 19.3. The number of hydrogen-bond donors (Lipinski definition) is 2. The van der Waals surface area contributed by atoms with E-state index in [1.807, 2.05) is 13.8 Å². The van der Waals surface area contributed by atoms with E-state index in [-0.39, 0.29) is 37.4 Å². The fraction of sp³-hybridized carbons (Fsp3) is 0.700. The molecule has 1 aromatic rings. The van der Waals surface area contributed by atoms with Crippen LogP contribution in [0.4, 0.5) is 19.3 Å². The Labute approximate surface area is 169 Å². The van der Waals surface area contributed by atoms with Crippen molar-refractivity contribution in [2.45, 2.75) is 51.5 Å². The number of aliphatic hydroxyl groups is 1. The van der Waals surface area contributed by atoms with Crippen LogP contribution in [0.25, 0.3) is 0 Å². The molecule has 1 atom stereocenters. The SMILES string of the molecule is CC(C)CC(C)(CO)NC(=O)Oc1ccc(N2CC(F)(F)C2)c(OCC2CC2)n1. The molecule has 3 rings (SSSR count). The van der Waals surface area contributed by atoms with E-state index in [1.165, 1.54) is 11.0 Å². The molecule has 0 radical (unpaired) electrons. The summed E-state index contributed by atoms with van der Waals surface area (Å²) in [5.41, 5.74) is -0.357. The van der Waals surface area contributed by atoms with Crippen LogP contribution >= 0.6 is 0 Å². The first-order chi connectivity index (χ1) is 13.6. The van der Waals surface area contributed by atoms with E-state index in [4.69, 9.17) is 9.47 Å². The van der Waals surface area contributed by atoms with Gasteiger partial charge in [-0.1, -0.05) is 13.8 Å². The maximum Gasteiger partial charge on any atom is 0.414 e. The molecular formula is C20H29F2N3O4. The van der Waals surface area contributed by atoms with Gasteiger partial charge in [0.25, 0.3) is 5.92 Å². The molecule has 0 spiro atoms. The Balaban J connectivity index is 1.68. The summed E-state index contributed by atoms with van der Waals surface area (Å²) in [6.45, 7) is 5.16. The van der Waals surface area contributed by atoms with Crippen molar-refractivity contribution >= 4 is 11.8 Å². The second-order valence-corrected chi connectivity index (χ2v) is 8.77. The first-order valence-electron chi connectivity index (χ1n) is 9.97. The fourth-order valence-electron chi connectivity index (χ4n) is 3.41. The summed E-state index contributed by atoms with van der Waals surface area (Å²) in [6, 6.07) is 3.03. The Kier molecular flexibility index (Phi) is 6.16. The van der Waals surface area contributed by atoms with Gasteiger partial charge in [0.1, 0.15) is 5.69 Å². The number of carbonyl (C=O) groups is 1. The molecule has 0 bridgehead atoms. The molecule has 1 amide bonds. The number of halogens is 2. The second kappa shape index (κ2) is 8.30. The molecule has 0 aromatic carbocycles. The van der Waals surface area contributed by atoms with Gasteiger partial charge in [-0.3, -0.25) is 0 Å². The highest BCUT2D eigenvalue weighted by Gasteiger charge is 2.45. The average molecular weight is 413 g/mol. The Bertz CT molecular complexity index is 734. The van der Waals surface area contributed by atoms with Crippen LogP contribution in [0, 0.1) is 11.8 Å². The summed E-state index contributed by atoms with van der Waals surface area (Å²) in [7, 11) is 0. The minimum atomic E-state index is -2.71. The lowest BCUT2D eigenvalue weighted by Crippen LogP contribution is -2.56. The van der Waals surface area contributed by atoms with E-state index in [2.05, 4.69) is 10.3 Å². The van der Waals surface area contributed by atoms with Crippen molar-refractivity contribution in [1.29, 1.82) is 0 Å². The number of nitrogens with one attached hydrogen (secondary N) is 1. The molecule has 2 heterocycles. The first-order valence-corrected chi connectivity index (χ1v) is 9.97. The van der Waals surface area contributed by atoms with Crippen LogP contribution in [0.3, 0.4) is 0 Å². The molecule has 1 unspecified atom stereocenters. The second-order valence-electron chi connectivity index (χ2n) is 8.77. The quantitative estimate of drug-likeness (QED) is 0.647. The van der Waals surface area contributed by atoms with E-state index in [0.717, 1.165) is 12.8 Å². The number of nitrogens with zero attached hydrogens (tertiary/aromatic N) is 2. The molecular weight excluding hydrogens is 384 g/mol. The Morgan fingerprint density at radius 1 is 1.41 bits per heavy atom. The van der Waals surface area contributed by atoms with E-state index < -0.39 is 17.6 Å². The molecule has 162 valence electrons. The van der Waals surface area contributed by atoms with Gasteiger partial charge in [-0.15, -0.1) is 0 Å². The summed E-state index contributed by atoms with van der Waals surface area (Å²) < 4.78 is 37.5. The Morgan fingerprint density at radius 2 is 2.10 bits per heavy atom. The van der Waals surface area contributed by atoms with Crippen LogP contribution in [0.15, 0.2) is 12.1 Å². The maximum absolute atomic E-state index is 13.3. The van der Waals surface area contributed by atoms with Crippen LogP contribution < -0.4 is 19.7 Å². The topological polar surface area (TPSA) is 83.9 Å². The van der Waals surface area contributed by atoms with Gasteiger partial charge < -0.3 is 24.8 Å².